The molecule has 5 rings (SSSR count). The SMILES string of the molecule is C=C(C)[C@@H]1CC[C@]2(NCCC3(O)CCC(/S(C)=C\C)CC3)CC[C@]3(C)[C@H](CC[C@@H]4C[C@H](C(C)(C)CC)CC[C@]43C)[C@@H]12. The van der Waals surface area contributed by atoms with Gasteiger partial charge in [-0.2, -0.15) is 10.5 Å². The minimum Gasteiger partial charge on any atom is -0.390 e. The van der Waals surface area contributed by atoms with E-state index in [9.17, 15) is 5.11 Å². The first kappa shape index (κ1) is 32.3. The summed E-state index contributed by atoms with van der Waals surface area (Å²) >= 11 is 0. The van der Waals surface area contributed by atoms with Gasteiger partial charge in [0.1, 0.15) is 0 Å². The number of fused-ring (bicyclic) bond motifs is 5. The average molecular weight is 586 g/mol. The summed E-state index contributed by atoms with van der Waals surface area (Å²) in [5.74, 6) is 3.98. The van der Waals surface area contributed by atoms with Crippen LogP contribution in [0.25, 0.3) is 0 Å². The van der Waals surface area contributed by atoms with Gasteiger partial charge >= 0.3 is 0 Å². The van der Waals surface area contributed by atoms with Gasteiger partial charge in [-0.25, -0.2) is 0 Å². The second-order valence-electron chi connectivity index (χ2n) is 17.1. The molecule has 5 aliphatic carbocycles. The van der Waals surface area contributed by atoms with Crippen molar-refractivity contribution in [2.24, 2.45) is 45.8 Å². The largest absolute Gasteiger partial charge is 0.390 e. The quantitative estimate of drug-likeness (QED) is 0.219. The number of nitrogens with one attached hydrogen (secondary N) is 1. The highest BCUT2D eigenvalue weighted by Gasteiger charge is 2.66. The molecule has 0 aliphatic heterocycles. The van der Waals surface area contributed by atoms with Crippen molar-refractivity contribution in [1.82, 2.24) is 5.32 Å². The summed E-state index contributed by atoms with van der Waals surface area (Å²) in [5, 5.41) is 19.0. The van der Waals surface area contributed by atoms with Crippen LogP contribution in [-0.4, -0.2) is 39.7 Å². The first-order chi connectivity index (χ1) is 19.2. The molecule has 5 fully saturated rings. The smallest absolute Gasteiger partial charge is 0.0660 e. The zero-order valence-electron chi connectivity index (χ0n) is 28.4. The summed E-state index contributed by atoms with van der Waals surface area (Å²) in [6.07, 6.45) is 21.5. The maximum absolute atomic E-state index is 11.6. The molecule has 2 nitrogen and oxygen atoms in total. The van der Waals surface area contributed by atoms with E-state index in [1.165, 1.54) is 82.6 Å². The van der Waals surface area contributed by atoms with Crippen LogP contribution in [0.3, 0.4) is 0 Å². The number of aliphatic hydroxyl groups is 1. The van der Waals surface area contributed by atoms with Crippen molar-refractivity contribution in [2.75, 3.05) is 12.8 Å². The van der Waals surface area contributed by atoms with Gasteiger partial charge in [0.15, 0.2) is 0 Å². The highest BCUT2D eigenvalue weighted by Crippen LogP contribution is 2.72. The molecule has 0 aromatic rings. The van der Waals surface area contributed by atoms with Crippen LogP contribution in [0.4, 0.5) is 0 Å². The Kier molecular flexibility index (Phi) is 9.19. The van der Waals surface area contributed by atoms with Crippen molar-refractivity contribution >= 4 is 15.9 Å². The fourth-order valence-electron chi connectivity index (χ4n) is 11.7. The van der Waals surface area contributed by atoms with Crippen molar-refractivity contribution in [3.05, 3.63) is 12.2 Å². The summed E-state index contributed by atoms with van der Waals surface area (Å²) in [6.45, 7) is 23.1. The molecule has 0 saturated heterocycles. The molecule has 2 N–H and O–H groups in total. The van der Waals surface area contributed by atoms with Gasteiger partial charge in [-0.3, -0.25) is 0 Å². The molecule has 5 saturated carbocycles. The van der Waals surface area contributed by atoms with Crippen LogP contribution in [0.1, 0.15) is 145 Å². The van der Waals surface area contributed by atoms with Crippen molar-refractivity contribution < 1.29 is 5.11 Å². The van der Waals surface area contributed by atoms with Gasteiger partial charge in [-0.05, 0) is 168 Å². The minimum atomic E-state index is -0.459. The standard InChI is InChI=1S/C38H67NOS/c1-10-34(5,6)28-14-18-35(7)29(26-28)12-13-32-33-31(27(3)4)17-21-38(33,23-22-36(32,35)8)39-25-24-37(40)19-15-30(16-20-37)41(9)11-2/h11,28-33,39-40H,3,10,12-26H2,1-2,4-9H3/t28-,29-,30?,31+,32-,33-,35-,36-,37?,38+,41?/m1/s1. The zero-order chi connectivity index (χ0) is 29.8. The van der Waals surface area contributed by atoms with Gasteiger partial charge in [0, 0.05) is 5.54 Å². The van der Waals surface area contributed by atoms with E-state index in [1.54, 1.807) is 0 Å². The van der Waals surface area contributed by atoms with Crippen molar-refractivity contribution in [3.63, 3.8) is 0 Å². The summed E-state index contributed by atoms with van der Waals surface area (Å²) in [5.41, 5.74) is 2.63. The predicted molar refractivity (Wildman–Crippen MR) is 182 cm³/mol. The molecule has 9 atom stereocenters. The van der Waals surface area contributed by atoms with Crippen LogP contribution in [0.2, 0.25) is 0 Å². The summed E-state index contributed by atoms with van der Waals surface area (Å²) in [4.78, 5) is 0. The molecular formula is C38H67NOS. The van der Waals surface area contributed by atoms with Gasteiger partial charge < -0.3 is 10.4 Å². The molecule has 0 heterocycles. The van der Waals surface area contributed by atoms with Crippen LogP contribution in [0.5, 0.6) is 0 Å². The zero-order valence-corrected chi connectivity index (χ0v) is 29.2. The Morgan fingerprint density at radius 2 is 1.68 bits per heavy atom. The van der Waals surface area contributed by atoms with Crippen LogP contribution in [0, 0.1) is 45.8 Å². The maximum Gasteiger partial charge on any atom is 0.0660 e. The molecule has 0 aromatic heterocycles. The molecule has 5 aliphatic rings. The number of hydrogen-bond donors (Lipinski definition) is 2. The molecular weight excluding hydrogens is 518 g/mol. The van der Waals surface area contributed by atoms with Gasteiger partial charge in [0.25, 0.3) is 0 Å². The van der Waals surface area contributed by atoms with E-state index in [0.29, 0.717) is 38.6 Å². The Bertz CT molecular complexity index is 992. The lowest BCUT2D eigenvalue weighted by molar-refractivity contribution is -0.177. The molecule has 0 spiro atoms. The maximum atomic E-state index is 11.6. The van der Waals surface area contributed by atoms with Crippen molar-refractivity contribution in [3.8, 4) is 0 Å². The highest BCUT2D eigenvalue weighted by molar-refractivity contribution is 8.14. The average Bonchev–Trinajstić information content (AvgIpc) is 3.33. The van der Waals surface area contributed by atoms with Gasteiger partial charge in [0.2, 0.25) is 0 Å². The van der Waals surface area contributed by atoms with Crippen LogP contribution in [0.15, 0.2) is 12.2 Å². The summed E-state index contributed by atoms with van der Waals surface area (Å²) in [6, 6.07) is 0. The van der Waals surface area contributed by atoms with Crippen LogP contribution >= 0.6 is 10.5 Å². The van der Waals surface area contributed by atoms with Crippen LogP contribution in [-0.2, 0) is 0 Å². The molecule has 0 amide bonds. The van der Waals surface area contributed by atoms with Gasteiger partial charge in [-0.15, -0.1) is 0 Å². The minimum absolute atomic E-state index is 0.249. The Morgan fingerprint density at radius 1 is 0.976 bits per heavy atom. The van der Waals surface area contributed by atoms with E-state index in [-0.39, 0.29) is 5.54 Å². The third-order valence-electron chi connectivity index (χ3n) is 15.4. The lowest BCUT2D eigenvalue weighted by Gasteiger charge is -2.68. The second kappa shape index (κ2) is 11.7. The number of allylic oxidation sites excluding steroid dienone is 1. The molecule has 0 radical (unpaired) electrons. The summed E-state index contributed by atoms with van der Waals surface area (Å²) < 4.78 is 0. The topological polar surface area (TPSA) is 32.3 Å². The van der Waals surface area contributed by atoms with E-state index >= 15 is 0 Å². The Labute approximate surface area is 257 Å². The second-order valence-corrected chi connectivity index (χ2v) is 19.5. The fourth-order valence-corrected chi connectivity index (χ4v) is 13.0. The molecule has 0 bridgehead atoms. The third kappa shape index (κ3) is 5.51. The van der Waals surface area contributed by atoms with E-state index in [2.05, 4.69) is 72.0 Å². The lowest BCUT2D eigenvalue weighted by Crippen LogP contribution is -2.65. The molecule has 236 valence electrons. The van der Waals surface area contributed by atoms with E-state index in [4.69, 9.17) is 0 Å². The van der Waals surface area contributed by atoms with E-state index < -0.39 is 5.60 Å². The highest BCUT2D eigenvalue weighted by atomic mass is 32.2. The van der Waals surface area contributed by atoms with Gasteiger partial charge in [0.05, 0.1) is 5.60 Å². The Hall–Kier alpha value is -0.120. The van der Waals surface area contributed by atoms with Crippen molar-refractivity contribution in [2.45, 2.75) is 161 Å². The van der Waals surface area contributed by atoms with Crippen molar-refractivity contribution in [1.29, 1.82) is 0 Å². The first-order valence-corrected chi connectivity index (χ1v) is 19.6. The molecule has 1 unspecified atom stereocenters. The normalized spacial score (nSPS) is 47.3. The molecule has 3 heteroatoms. The Morgan fingerprint density at radius 3 is 2.32 bits per heavy atom. The van der Waals surface area contributed by atoms with Gasteiger partial charge in [-0.1, -0.05) is 58.6 Å². The first-order valence-electron chi connectivity index (χ1n) is 17.8. The van der Waals surface area contributed by atoms with Crippen LogP contribution < -0.4 is 5.32 Å². The number of rotatable bonds is 8. The predicted octanol–water partition coefficient (Wildman–Crippen LogP) is 9.77. The number of hydrogen-bond acceptors (Lipinski definition) is 2. The fraction of sp³-hybridized carbons (Fsp3) is 0.921. The van der Waals surface area contributed by atoms with E-state index in [1.807, 2.05) is 0 Å². The third-order valence-corrected chi connectivity index (χ3v) is 17.7. The molecule has 41 heavy (non-hydrogen) atoms. The Balaban J connectivity index is 1.32. The summed E-state index contributed by atoms with van der Waals surface area (Å²) in [7, 11) is 0.399. The molecule has 0 aromatic carbocycles. The van der Waals surface area contributed by atoms with E-state index in [0.717, 1.165) is 48.8 Å². The monoisotopic (exact) mass is 585 g/mol. The lowest BCUT2D eigenvalue weighted by atomic mass is 9.38.